The summed E-state index contributed by atoms with van der Waals surface area (Å²) in [6.45, 7) is 8.43. The molecule has 0 spiro atoms. The highest BCUT2D eigenvalue weighted by Gasteiger charge is 2.21. The van der Waals surface area contributed by atoms with E-state index >= 15 is 0 Å². The highest BCUT2D eigenvalue weighted by atomic mass is 32.1. The third-order valence-electron chi connectivity index (χ3n) is 3.89. The maximum Gasteiger partial charge on any atom is 0.0954 e. The lowest BCUT2D eigenvalue weighted by Crippen LogP contribution is -2.35. The van der Waals surface area contributed by atoms with E-state index in [1.807, 2.05) is 0 Å². The van der Waals surface area contributed by atoms with E-state index in [9.17, 15) is 0 Å². The summed E-state index contributed by atoms with van der Waals surface area (Å²) in [5.41, 5.74) is 1.10. The van der Waals surface area contributed by atoms with Gasteiger partial charge in [0.25, 0.3) is 0 Å². The Labute approximate surface area is 127 Å². The summed E-state index contributed by atoms with van der Waals surface area (Å²) in [7, 11) is 0. The minimum atomic E-state index is 0.430. The Morgan fingerprint density at radius 1 is 1.35 bits per heavy atom. The second kappa shape index (κ2) is 8.11. The fourth-order valence-corrected chi connectivity index (χ4v) is 3.46. The molecule has 3 nitrogen and oxygen atoms in total. The molecule has 1 aliphatic rings. The Hall–Kier alpha value is -0.450. The SMILES string of the molecule is CCCNC1CCC(OCc2csc(C(C)C)n2)CC1. The van der Waals surface area contributed by atoms with Crippen LogP contribution in [0.3, 0.4) is 0 Å². The smallest absolute Gasteiger partial charge is 0.0954 e. The number of nitrogens with one attached hydrogen (secondary N) is 1. The predicted octanol–water partition coefficient (Wildman–Crippen LogP) is 4.09. The van der Waals surface area contributed by atoms with Crippen LogP contribution in [0.15, 0.2) is 5.38 Å². The van der Waals surface area contributed by atoms with Gasteiger partial charge in [-0.1, -0.05) is 20.8 Å². The molecule has 20 heavy (non-hydrogen) atoms. The van der Waals surface area contributed by atoms with Crippen LogP contribution in [0.1, 0.15) is 69.5 Å². The Kier molecular flexibility index (Phi) is 6.46. The summed E-state index contributed by atoms with van der Waals surface area (Å²) in [4.78, 5) is 4.63. The van der Waals surface area contributed by atoms with Crippen molar-refractivity contribution in [3.63, 3.8) is 0 Å². The van der Waals surface area contributed by atoms with Crippen molar-refractivity contribution in [3.05, 3.63) is 16.1 Å². The maximum atomic E-state index is 6.03. The van der Waals surface area contributed by atoms with Crippen molar-refractivity contribution in [1.29, 1.82) is 0 Å². The molecule has 1 fully saturated rings. The molecule has 1 N–H and O–H groups in total. The zero-order valence-corrected chi connectivity index (χ0v) is 13.8. The van der Waals surface area contributed by atoms with Crippen LogP contribution in [0.2, 0.25) is 0 Å². The fraction of sp³-hybridized carbons (Fsp3) is 0.812. The van der Waals surface area contributed by atoms with Gasteiger partial charge in [0.2, 0.25) is 0 Å². The third-order valence-corrected chi connectivity index (χ3v) is 5.08. The van der Waals surface area contributed by atoms with E-state index in [0.29, 0.717) is 24.7 Å². The Balaban J connectivity index is 1.67. The van der Waals surface area contributed by atoms with Crippen LogP contribution in [-0.2, 0) is 11.3 Å². The van der Waals surface area contributed by atoms with E-state index in [1.165, 1.54) is 37.1 Å². The third kappa shape index (κ3) is 4.83. The molecule has 0 saturated heterocycles. The zero-order chi connectivity index (χ0) is 14.4. The number of hydrogen-bond donors (Lipinski definition) is 1. The molecule has 0 unspecified atom stereocenters. The van der Waals surface area contributed by atoms with Crippen molar-refractivity contribution in [2.24, 2.45) is 0 Å². The first kappa shape index (κ1) is 15.9. The molecule has 4 heteroatoms. The average Bonchev–Trinajstić information content (AvgIpc) is 2.93. The standard InChI is InChI=1S/C16H28N2OS/c1-4-9-17-13-5-7-15(8-6-13)19-10-14-11-20-16(18-14)12(2)3/h11-13,15,17H,4-10H2,1-3H3. The predicted molar refractivity (Wildman–Crippen MR) is 85.3 cm³/mol. The van der Waals surface area contributed by atoms with Gasteiger partial charge in [-0.05, 0) is 38.6 Å². The van der Waals surface area contributed by atoms with E-state index < -0.39 is 0 Å². The van der Waals surface area contributed by atoms with Gasteiger partial charge < -0.3 is 10.1 Å². The molecular formula is C16H28N2OS. The highest BCUT2D eigenvalue weighted by Crippen LogP contribution is 2.24. The van der Waals surface area contributed by atoms with Gasteiger partial charge in [0.1, 0.15) is 0 Å². The fourth-order valence-electron chi connectivity index (χ4n) is 2.64. The zero-order valence-electron chi connectivity index (χ0n) is 13.0. The van der Waals surface area contributed by atoms with Gasteiger partial charge in [0.05, 0.1) is 23.4 Å². The van der Waals surface area contributed by atoms with E-state index in [4.69, 9.17) is 4.74 Å². The van der Waals surface area contributed by atoms with Crippen LogP contribution in [-0.4, -0.2) is 23.7 Å². The van der Waals surface area contributed by atoms with Gasteiger partial charge in [-0.3, -0.25) is 0 Å². The first-order valence-corrected chi connectivity index (χ1v) is 8.86. The first-order chi connectivity index (χ1) is 9.69. The summed E-state index contributed by atoms with van der Waals surface area (Å²) in [6.07, 6.45) is 6.51. The topological polar surface area (TPSA) is 34.1 Å². The molecule has 0 aromatic carbocycles. The first-order valence-electron chi connectivity index (χ1n) is 7.98. The molecule has 0 amide bonds. The Morgan fingerprint density at radius 2 is 2.10 bits per heavy atom. The van der Waals surface area contributed by atoms with Crippen molar-refractivity contribution in [2.45, 2.75) is 77.5 Å². The minimum absolute atomic E-state index is 0.430. The lowest BCUT2D eigenvalue weighted by Gasteiger charge is -2.29. The summed E-state index contributed by atoms with van der Waals surface area (Å²) >= 11 is 1.75. The van der Waals surface area contributed by atoms with E-state index in [0.717, 1.165) is 12.2 Å². The van der Waals surface area contributed by atoms with Gasteiger partial charge in [0, 0.05) is 17.3 Å². The van der Waals surface area contributed by atoms with Crippen molar-refractivity contribution in [3.8, 4) is 0 Å². The average molecular weight is 296 g/mol. The van der Waals surface area contributed by atoms with Gasteiger partial charge in [-0.15, -0.1) is 11.3 Å². The van der Waals surface area contributed by atoms with Crippen LogP contribution in [0.5, 0.6) is 0 Å². The Morgan fingerprint density at radius 3 is 2.70 bits per heavy atom. The summed E-state index contributed by atoms with van der Waals surface area (Å²) < 4.78 is 6.03. The molecule has 0 radical (unpaired) electrons. The molecule has 0 bridgehead atoms. The van der Waals surface area contributed by atoms with Crippen LogP contribution in [0.25, 0.3) is 0 Å². The van der Waals surface area contributed by atoms with E-state index in [1.54, 1.807) is 11.3 Å². The van der Waals surface area contributed by atoms with Crippen LogP contribution in [0, 0.1) is 0 Å². The summed E-state index contributed by atoms with van der Waals surface area (Å²) in [5.74, 6) is 0.522. The monoisotopic (exact) mass is 296 g/mol. The lowest BCUT2D eigenvalue weighted by atomic mass is 9.93. The number of rotatable bonds is 7. The second-order valence-electron chi connectivity index (χ2n) is 6.07. The molecular weight excluding hydrogens is 268 g/mol. The quantitative estimate of drug-likeness (QED) is 0.822. The number of aromatic nitrogens is 1. The molecule has 1 heterocycles. The summed E-state index contributed by atoms with van der Waals surface area (Å²) in [5, 5.41) is 6.98. The van der Waals surface area contributed by atoms with Crippen molar-refractivity contribution in [1.82, 2.24) is 10.3 Å². The van der Waals surface area contributed by atoms with Gasteiger partial charge in [-0.2, -0.15) is 0 Å². The van der Waals surface area contributed by atoms with Crippen molar-refractivity contribution >= 4 is 11.3 Å². The van der Waals surface area contributed by atoms with Crippen LogP contribution in [0.4, 0.5) is 0 Å². The largest absolute Gasteiger partial charge is 0.372 e. The Bertz CT molecular complexity index is 384. The van der Waals surface area contributed by atoms with Crippen LogP contribution >= 0.6 is 11.3 Å². The van der Waals surface area contributed by atoms with E-state index in [-0.39, 0.29) is 0 Å². The molecule has 114 valence electrons. The summed E-state index contributed by atoms with van der Waals surface area (Å²) in [6, 6.07) is 0.710. The number of hydrogen-bond acceptors (Lipinski definition) is 4. The normalized spacial score (nSPS) is 23.4. The van der Waals surface area contributed by atoms with Gasteiger partial charge in [-0.25, -0.2) is 4.98 Å². The lowest BCUT2D eigenvalue weighted by molar-refractivity contribution is 0.00999. The highest BCUT2D eigenvalue weighted by molar-refractivity contribution is 7.09. The van der Waals surface area contributed by atoms with Gasteiger partial charge >= 0.3 is 0 Å². The molecule has 0 atom stereocenters. The molecule has 1 aromatic heterocycles. The van der Waals surface area contributed by atoms with Crippen LogP contribution < -0.4 is 5.32 Å². The molecule has 1 aliphatic carbocycles. The van der Waals surface area contributed by atoms with Crippen molar-refractivity contribution in [2.75, 3.05) is 6.54 Å². The second-order valence-corrected chi connectivity index (χ2v) is 6.96. The molecule has 2 rings (SSSR count). The van der Waals surface area contributed by atoms with E-state index in [2.05, 4.69) is 36.5 Å². The maximum absolute atomic E-state index is 6.03. The molecule has 1 saturated carbocycles. The minimum Gasteiger partial charge on any atom is -0.372 e. The molecule has 0 aliphatic heterocycles. The van der Waals surface area contributed by atoms with Crippen molar-refractivity contribution < 1.29 is 4.74 Å². The molecule has 1 aromatic rings. The number of ether oxygens (including phenoxy) is 1. The number of thiazole rings is 1. The van der Waals surface area contributed by atoms with Gasteiger partial charge in [0.15, 0.2) is 0 Å². The number of nitrogens with zero attached hydrogens (tertiary/aromatic N) is 1.